The molecule has 1 amide bonds. The van der Waals surface area contributed by atoms with E-state index in [2.05, 4.69) is 10.2 Å². The van der Waals surface area contributed by atoms with Gasteiger partial charge in [0.25, 0.3) is 0 Å². The van der Waals surface area contributed by atoms with Crippen LogP contribution >= 0.6 is 11.8 Å². The zero-order chi connectivity index (χ0) is 17.3. The molecule has 1 aromatic heterocycles. The van der Waals surface area contributed by atoms with Gasteiger partial charge in [-0.15, -0.1) is 5.10 Å². The Morgan fingerprint density at radius 1 is 1.38 bits per heavy atom. The molecular weight excluding hydrogens is 328 g/mol. The molecule has 0 fully saturated rings. The summed E-state index contributed by atoms with van der Waals surface area (Å²) in [5.41, 5.74) is 2.05. The van der Waals surface area contributed by atoms with Gasteiger partial charge in [-0.2, -0.15) is 0 Å². The fraction of sp³-hybridized carbons (Fsp3) is 0.375. The third-order valence-electron chi connectivity index (χ3n) is 3.98. The third-order valence-corrected chi connectivity index (χ3v) is 4.96. The first-order valence-electron chi connectivity index (χ1n) is 7.72. The van der Waals surface area contributed by atoms with Gasteiger partial charge in [0.15, 0.2) is 10.9 Å². The lowest BCUT2D eigenvalue weighted by atomic mass is 10.1. The summed E-state index contributed by atoms with van der Waals surface area (Å²) in [5, 5.41) is 6.89. The van der Waals surface area contributed by atoms with Crippen molar-refractivity contribution in [3.05, 3.63) is 39.8 Å². The molecule has 0 atom stereocenters. The maximum atomic E-state index is 12.4. The van der Waals surface area contributed by atoms with Crippen LogP contribution in [0.5, 0.6) is 0 Å². The number of likely N-dealkylation sites (N-methyl/N-ethyl adjacent to an activating group) is 1. The number of nitrogens with zero attached hydrogens (tertiary/aromatic N) is 3. The Morgan fingerprint density at radius 2 is 2.17 bits per heavy atom. The number of carbonyl (C=O) groups is 2. The van der Waals surface area contributed by atoms with Gasteiger partial charge in [-0.3, -0.25) is 14.2 Å². The molecule has 0 aliphatic carbocycles. The van der Waals surface area contributed by atoms with E-state index in [1.807, 2.05) is 6.92 Å². The smallest absolute Gasteiger partial charge is 0.315 e. The summed E-state index contributed by atoms with van der Waals surface area (Å²) in [4.78, 5) is 37.4. The molecule has 0 saturated carbocycles. The van der Waals surface area contributed by atoms with Crippen molar-refractivity contribution in [1.82, 2.24) is 14.8 Å². The van der Waals surface area contributed by atoms with Crippen molar-refractivity contribution in [2.75, 3.05) is 17.7 Å². The van der Waals surface area contributed by atoms with E-state index in [1.165, 1.54) is 16.3 Å². The number of anilines is 1. The topological polar surface area (TPSA) is 88.1 Å². The quantitative estimate of drug-likeness (QED) is 0.632. The summed E-state index contributed by atoms with van der Waals surface area (Å²) in [5.74, 6) is 0.170. The SMILES string of the molecule is CCCn1c(SCC(=O)c2ccc3c(c2)CC(=O)N3C)n[nH]c1=O. The summed E-state index contributed by atoms with van der Waals surface area (Å²) in [6, 6.07) is 5.32. The second kappa shape index (κ2) is 6.64. The number of benzene rings is 1. The first-order chi connectivity index (χ1) is 11.5. The van der Waals surface area contributed by atoms with Crippen LogP contribution in [-0.2, 0) is 17.8 Å². The van der Waals surface area contributed by atoms with Crippen molar-refractivity contribution in [1.29, 1.82) is 0 Å². The van der Waals surface area contributed by atoms with Crippen molar-refractivity contribution >= 4 is 29.1 Å². The van der Waals surface area contributed by atoms with E-state index in [-0.39, 0.29) is 23.1 Å². The highest BCUT2D eigenvalue weighted by Gasteiger charge is 2.24. The van der Waals surface area contributed by atoms with E-state index in [1.54, 1.807) is 30.1 Å². The van der Waals surface area contributed by atoms with Gasteiger partial charge in [0, 0.05) is 24.8 Å². The molecule has 8 heteroatoms. The number of aromatic amines is 1. The minimum absolute atomic E-state index is 0.0316. The lowest BCUT2D eigenvalue weighted by Gasteiger charge is -2.10. The number of ketones is 1. The number of amides is 1. The lowest BCUT2D eigenvalue weighted by molar-refractivity contribution is -0.117. The van der Waals surface area contributed by atoms with Gasteiger partial charge in [-0.25, -0.2) is 9.89 Å². The molecule has 1 aliphatic rings. The second-order valence-corrected chi connectivity index (χ2v) is 6.59. The average molecular weight is 346 g/mol. The maximum absolute atomic E-state index is 12.4. The van der Waals surface area contributed by atoms with Crippen LogP contribution in [0.3, 0.4) is 0 Å². The number of rotatable bonds is 6. The summed E-state index contributed by atoms with van der Waals surface area (Å²) in [6.07, 6.45) is 1.14. The zero-order valence-corrected chi connectivity index (χ0v) is 14.4. The van der Waals surface area contributed by atoms with Crippen molar-refractivity contribution in [3.63, 3.8) is 0 Å². The minimum Gasteiger partial charge on any atom is -0.315 e. The van der Waals surface area contributed by atoms with Gasteiger partial charge in [0.05, 0.1) is 12.2 Å². The molecule has 0 spiro atoms. The van der Waals surface area contributed by atoms with Gasteiger partial charge >= 0.3 is 5.69 Å². The second-order valence-electron chi connectivity index (χ2n) is 5.65. The van der Waals surface area contributed by atoms with Crippen molar-refractivity contribution < 1.29 is 9.59 Å². The molecule has 7 nitrogen and oxygen atoms in total. The number of fused-ring (bicyclic) bond motifs is 1. The molecule has 126 valence electrons. The monoisotopic (exact) mass is 346 g/mol. The zero-order valence-electron chi connectivity index (χ0n) is 13.5. The van der Waals surface area contributed by atoms with Crippen LogP contribution in [0, 0.1) is 0 Å². The maximum Gasteiger partial charge on any atom is 0.343 e. The highest BCUT2D eigenvalue weighted by atomic mass is 32.2. The van der Waals surface area contributed by atoms with Crippen LogP contribution in [-0.4, -0.2) is 39.3 Å². The average Bonchev–Trinajstić information content (AvgIpc) is 3.06. The standard InChI is InChI=1S/C16H18N4O3S/c1-3-6-20-15(23)17-18-16(20)24-9-13(21)10-4-5-12-11(7-10)8-14(22)19(12)2/h4-5,7H,3,6,8-9H2,1-2H3,(H,17,23). The molecule has 1 aromatic carbocycles. The Balaban J connectivity index is 1.72. The minimum atomic E-state index is -0.258. The summed E-state index contributed by atoms with van der Waals surface area (Å²) in [7, 11) is 1.73. The van der Waals surface area contributed by atoms with Crippen LogP contribution in [0.1, 0.15) is 29.3 Å². The predicted octanol–water partition coefficient (Wildman–Crippen LogP) is 1.48. The van der Waals surface area contributed by atoms with Crippen LogP contribution in [0.25, 0.3) is 0 Å². The van der Waals surface area contributed by atoms with Gasteiger partial charge < -0.3 is 4.90 Å². The summed E-state index contributed by atoms with van der Waals surface area (Å²) < 4.78 is 1.54. The van der Waals surface area contributed by atoms with E-state index in [0.29, 0.717) is 23.7 Å². The van der Waals surface area contributed by atoms with Crippen molar-refractivity contribution in [2.24, 2.45) is 0 Å². The molecule has 1 N–H and O–H groups in total. The first-order valence-corrected chi connectivity index (χ1v) is 8.70. The Labute approximate surface area is 143 Å². The lowest BCUT2D eigenvalue weighted by Crippen LogP contribution is -2.20. The van der Waals surface area contributed by atoms with Gasteiger partial charge in [0.2, 0.25) is 5.91 Å². The number of aromatic nitrogens is 3. The fourth-order valence-electron chi connectivity index (χ4n) is 2.69. The molecule has 3 rings (SSSR count). The van der Waals surface area contributed by atoms with Crippen molar-refractivity contribution in [3.8, 4) is 0 Å². The Hall–Kier alpha value is -2.35. The fourth-order valence-corrected chi connectivity index (χ4v) is 3.56. The number of Topliss-reactive ketones (excluding diaryl/α,β-unsaturated/α-hetero) is 1. The van der Waals surface area contributed by atoms with Gasteiger partial charge in [-0.05, 0) is 30.2 Å². The van der Waals surface area contributed by atoms with Crippen LogP contribution < -0.4 is 10.6 Å². The number of hydrogen-bond donors (Lipinski definition) is 1. The van der Waals surface area contributed by atoms with Gasteiger partial charge in [0.1, 0.15) is 0 Å². The number of carbonyl (C=O) groups excluding carboxylic acids is 2. The Bertz CT molecular complexity index is 855. The molecule has 2 heterocycles. The molecule has 0 radical (unpaired) electrons. The number of H-pyrrole nitrogens is 1. The highest BCUT2D eigenvalue weighted by Crippen LogP contribution is 2.29. The van der Waals surface area contributed by atoms with E-state index >= 15 is 0 Å². The van der Waals surface area contributed by atoms with Crippen LogP contribution in [0.2, 0.25) is 0 Å². The van der Waals surface area contributed by atoms with Gasteiger partial charge in [-0.1, -0.05) is 18.7 Å². The Morgan fingerprint density at radius 3 is 2.92 bits per heavy atom. The van der Waals surface area contributed by atoms with Crippen molar-refractivity contribution in [2.45, 2.75) is 31.5 Å². The summed E-state index contributed by atoms with van der Waals surface area (Å²) >= 11 is 1.24. The molecule has 0 unspecified atom stereocenters. The molecule has 2 aromatic rings. The molecule has 0 saturated heterocycles. The molecule has 0 bridgehead atoms. The van der Waals surface area contributed by atoms with E-state index in [4.69, 9.17) is 0 Å². The van der Waals surface area contributed by atoms with Crippen LogP contribution in [0.4, 0.5) is 5.69 Å². The Kier molecular flexibility index (Phi) is 4.57. The summed E-state index contributed by atoms with van der Waals surface area (Å²) in [6.45, 7) is 2.54. The number of nitrogens with one attached hydrogen (secondary N) is 1. The molecule has 1 aliphatic heterocycles. The predicted molar refractivity (Wildman–Crippen MR) is 91.7 cm³/mol. The third kappa shape index (κ3) is 3.01. The normalized spacial score (nSPS) is 13.4. The highest BCUT2D eigenvalue weighted by molar-refractivity contribution is 7.99. The molecular formula is C16H18N4O3S. The van der Waals surface area contributed by atoms with E-state index in [0.717, 1.165) is 17.7 Å². The number of thioether (sulfide) groups is 1. The molecule has 24 heavy (non-hydrogen) atoms. The largest absolute Gasteiger partial charge is 0.343 e. The first kappa shape index (κ1) is 16.5. The van der Waals surface area contributed by atoms with Crippen LogP contribution in [0.15, 0.2) is 28.2 Å². The van der Waals surface area contributed by atoms with E-state index in [9.17, 15) is 14.4 Å². The van der Waals surface area contributed by atoms with E-state index < -0.39 is 0 Å². The number of hydrogen-bond acceptors (Lipinski definition) is 5.